The highest BCUT2D eigenvalue weighted by Gasteiger charge is 2.74. The van der Waals surface area contributed by atoms with Crippen molar-refractivity contribution >= 4 is 59.5 Å². The minimum Gasteiger partial charge on any atom is -0.485 e. The summed E-state index contributed by atoms with van der Waals surface area (Å²) >= 11 is 1.09. The molecule has 5 aromatic rings. The van der Waals surface area contributed by atoms with Crippen molar-refractivity contribution in [2.24, 2.45) is 0 Å². The van der Waals surface area contributed by atoms with E-state index in [0.29, 0.717) is 28.5 Å². The third-order valence-electron chi connectivity index (χ3n) is 11.1. The molecule has 4 N–H and O–H groups in total. The van der Waals surface area contributed by atoms with E-state index in [4.69, 9.17) is 9.47 Å². The van der Waals surface area contributed by atoms with Crippen LogP contribution >= 0.6 is 11.8 Å². The van der Waals surface area contributed by atoms with Gasteiger partial charge in [-0.15, -0.1) is 11.8 Å². The molecule has 8 rings (SSSR count). The number of rotatable bonds is 14. The summed E-state index contributed by atoms with van der Waals surface area (Å²) in [5, 5.41) is 17.2. The number of β-lactam (4-membered cyclic amide) rings is 1. The molecule has 0 spiro atoms. The van der Waals surface area contributed by atoms with Gasteiger partial charge in [0.05, 0.1) is 4.75 Å². The number of benzene rings is 5. The molecule has 17 heteroatoms. The summed E-state index contributed by atoms with van der Waals surface area (Å²) < 4.78 is 10.9. The number of nitrogens with zero attached hydrogens (tertiary/aromatic N) is 3. The van der Waals surface area contributed by atoms with Crippen LogP contribution in [0.4, 0.5) is 10.5 Å². The maximum atomic E-state index is 14.2. The number of carboxylic acid groups (broad SMARTS) is 1. The highest BCUT2D eigenvalue weighted by molar-refractivity contribution is 8.01. The van der Waals surface area contributed by atoms with Gasteiger partial charge in [0.1, 0.15) is 30.7 Å². The Morgan fingerprint density at radius 2 is 1.29 bits per heavy atom. The molecule has 0 radical (unpaired) electrons. The number of urea groups is 1. The lowest BCUT2D eigenvalue weighted by Gasteiger charge is -2.49. The molecule has 16 nitrogen and oxygen atoms in total. The predicted octanol–water partition coefficient (Wildman–Crippen LogP) is 4.86. The molecule has 3 heterocycles. The summed E-state index contributed by atoms with van der Waals surface area (Å²) in [6.07, 6.45) is 0.345. The van der Waals surface area contributed by atoms with Crippen LogP contribution in [0.5, 0.6) is 11.5 Å². The number of piperazine rings is 1. The van der Waals surface area contributed by atoms with E-state index in [1.807, 2.05) is 97.1 Å². The summed E-state index contributed by atoms with van der Waals surface area (Å²) in [6, 6.07) is 40.1. The number of carboxylic acids is 1. The summed E-state index contributed by atoms with van der Waals surface area (Å²) in [7, 11) is 0. The highest BCUT2D eigenvalue weighted by atomic mass is 32.2. The van der Waals surface area contributed by atoms with Gasteiger partial charge in [0.2, 0.25) is 18.0 Å². The molecule has 3 aliphatic heterocycles. The zero-order chi connectivity index (χ0) is 46.1. The molecule has 4 atom stereocenters. The predicted molar refractivity (Wildman–Crippen MR) is 240 cm³/mol. The number of nitrogens with one attached hydrogen (secondary N) is 3. The van der Waals surface area contributed by atoms with Gasteiger partial charge >= 0.3 is 23.8 Å². The Balaban J connectivity index is 0.000000970. The number of hydrogen-bond acceptors (Lipinski definition) is 10. The van der Waals surface area contributed by atoms with Gasteiger partial charge in [-0.25, -0.2) is 9.59 Å². The van der Waals surface area contributed by atoms with Gasteiger partial charge in [-0.1, -0.05) is 127 Å². The first-order valence-electron chi connectivity index (χ1n) is 20.6. The van der Waals surface area contributed by atoms with Gasteiger partial charge in [-0.3, -0.25) is 33.8 Å². The third kappa shape index (κ3) is 9.50. The molecule has 1 unspecified atom stereocenters. The van der Waals surface area contributed by atoms with E-state index in [0.717, 1.165) is 27.8 Å². The Bertz CT molecular complexity index is 2510. The molecule has 0 aliphatic carbocycles. The summed E-state index contributed by atoms with van der Waals surface area (Å²) in [5.41, 5.74) is 0.0727. The van der Waals surface area contributed by atoms with Gasteiger partial charge < -0.3 is 35.4 Å². The highest BCUT2D eigenvalue weighted by Crippen LogP contribution is 2.55. The van der Waals surface area contributed by atoms with Crippen molar-refractivity contribution in [3.05, 3.63) is 162 Å². The van der Waals surface area contributed by atoms with Crippen LogP contribution in [0.15, 0.2) is 146 Å². The van der Waals surface area contributed by atoms with Crippen LogP contribution in [0, 0.1) is 0 Å². The zero-order valence-electron chi connectivity index (χ0n) is 35.4. The second-order valence-corrected chi connectivity index (χ2v) is 17.3. The van der Waals surface area contributed by atoms with Crippen LogP contribution < -0.4 is 30.3 Å². The van der Waals surface area contributed by atoms with Gasteiger partial charge in [0.25, 0.3) is 5.91 Å². The Morgan fingerprint density at radius 1 is 0.754 bits per heavy atom. The van der Waals surface area contributed by atoms with Crippen molar-refractivity contribution in [1.29, 1.82) is 0 Å². The average Bonchev–Trinajstić information content (AvgIpc) is 3.54. The van der Waals surface area contributed by atoms with Crippen LogP contribution in [0.3, 0.4) is 0 Å². The fourth-order valence-electron chi connectivity index (χ4n) is 7.69. The second-order valence-electron chi connectivity index (χ2n) is 15.5. The fraction of sp³-hybridized carbons (Fsp3) is 0.229. The van der Waals surface area contributed by atoms with E-state index < -0.39 is 63.5 Å². The number of hydrogen-bond donors (Lipinski definition) is 4. The number of fused-ring (bicyclic) bond motifs is 1. The largest absolute Gasteiger partial charge is 0.485 e. The number of aliphatic carboxylic acids is 1. The fourth-order valence-corrected chi connectivity index (χ4v) is 9.40. The summed E-state index contributed by atoms with van der Waals surface area (Å²) in [6.45, 7) is 3.16. The molecule has 334 valence electrons. The van der Waals surface area contributed by atoms with Crippen LogP contribution in [-0.4, -0.2) is 91.9 Å². The van der Waals surface area contributed by atoms with Crippen molar-refractivity contribution < 1.29 is 48.1 Å². The smallest absolute Gasteiger partial charge is 0.352 e. The van der Waals surface area contributed by atoms with E-state index >= 15 is 0 Å². The zero-order valence-corrected chi connectivity index (χ0v) is 36.2. The van der Waals surface area contributed by atoms with Crippen molar-refractivity contribution in [1.82, 2.24) is 25.8 Å². The topological polar surface area (TPSA) is 204 Å². The van der Waals surface area contributed by atoms with Gasteiger partial charge in [0.15, 0.2) is 11.5 Å². The van der Waals surface area contributed by atoms with Gasteiger partial charge in [0, 0.05) is 24.8 Å². The molecular weight excluding hydrogens is 853 g/mol. The SMILES string of the molecule is CC1(C)S[C@@H]2[C@H](NC=O)C(=O)N2[C@@]1(NC(=O)C(NC(=O)N1CCN(c2ccc(OCc3ccccc3)c(OCc3ccccc3)c2)C(=O)C1=O)c1ccccc1)C(=O)O.c1ccccc1. The van der Waals surface area contributed by atoms with Crippen LogP contribution in [0.1, 0.15) is 36.6 Å². The molecule has 65 heavy (non-hydrogen) atoms. The maximum absolute atomic E-state index is 14.2. The first kappa shape index (κ1) is 45.4. The van der Waals surface area contributed by atoms with E-state index in [1.54, 1.807) is 50.2 Å². The maximum Gasteiger partial charge on any atom is 0.352 e. The van der Waals surface area contributed by atoms with E-state index in [9.17, 15) is 38.7 Å². The minimum atomic E-state index is -2.29. The van der Waals surface area contributed by atoms with Crippen LogP contribution in [0.2, 0.25) is 0 Å². The molecule has 0 aromatic heterocycles. The van der Waals surface area contributed by atoms with Crippen molar-refractivity contribution in [3.8, 4) is 11.5 Å². The normalized spacial score (nSPS) is 19.9. The second kappa shape index (κ2) is 19.8. The molecular formula is C48H46N6O10S. The molecule has 7 amide bonds. The van der Waals surface area contributed by atoms with Crippen molar-refractivity contribution in [2.45, 2.75) is 54.9 Å². The van der Waals surface area contributed by atoms with Gasteiger partial charge in [-0.05, 0) is 42.7 Å². The third-order valence-corrected chi connectivity index (χ3v) is 12.7. The van der Waals surface area contributed by atoms with Crippen LogP contribution in [0.25, 0.3) is 0 Å². The number of imide groups is 1. The lowest BCUT2D eigenvalue weighted by atomic mass is 9.88. The number of thioether (sulfide) groups is 1. The Kier molecular flexibility index (Phi) is 13.8. The van der Waals surface area contributed by atoms with Gasteiger partial charge in [-0.2, -0.15) is 0 Å². The van der Waals surface area contributed by atoms with Crippen molar-refractivity contribution in [2.75, 3.05) is 18.0 Å². The molecule has 5 aromatic carbocycles. The molecule has 3 saturated heterocycles. The lowest BCUT2D eigenvalue weighted by molar-refractivity contribution is -0.176. The van der Waals surface area contributed by atoms with Crippen molar-refractivity contribution in [3.63, 3.8) is 0 Å². The molecule has 0 bridgehead atoms. The summed E-state index contributed by atoms with van der Waals surface area (Å²) in [5.74, 6) is -4.71. The average molecular weight is 899 g/mol. The number of carbonyl (C=O) groups is 7. The summed E-state index contributed by atoms with van der Waals surface area (Å²) in [4.78, 5) is 95.7. The van der Waals surface area contributed by atoms with E-state index in [2.05, 4.69) is 16.0 Å². The number of carbonyl (C=O) groups excluding carboxylic acids is 6. The van der Waals surface area contributed by atoms with E-state index in [1.165, 1.54) is 17.0 Å². The quantitative estimate of drug-likeness (QED) is 0.0673. The Hall–Kier alpha value is -7.66. The lowest BCUT2D eigenvalue weighted by Crippen LogP contribution is -2.80. The molecule has 0 saturated carbocycles. The minimum absolute atomic E-state index is 0.107. The first-order chi connectivity index (χ1) is 31.4. The number of amides is 7. The Labute approximate surface area is 378 Å². The standard InChI is InChI=1S/C42H40N6O10S.C6H6/c1-41(2)42(39(54)55,48-35(51)33(43-25-49)38(48)59-41)45-34(50)32(28-16-10-5-11-17-28)44-40(56)47-21-20-46(36(52)37(47)53)29-18-19-30(57-23-26-12-6-3-7-13-26)31(22-29)58-24-27-14-8-4-9-15-27;1-2-4-6-5-3-1/h3-19,22,25,32-33,38H,20-21,23-24H2,1-2H3,(H,43,49)(H,44,56)(H,45,50)(H,54,55);1-6H/t32?,33-,38-,42+;/m1./s1. The molecule has 3 fully saturated rings. The monoisotopic (exact) mass is 898 g/mol. The number of anilines is 1. The first-order valence-corrected chi connectivity index (χ1v) is 21.5. The van der Waals surface area contributed by atoms with E-state index in [-0.39, 0.29) is 31.9 Å². The number of ether oxygens (including phenoxy) is 2. The van der Waals surface area contributed by atoms with Crippen LogP contribution in [-0.2, 0) is 42.0 Å². The molecule has 3 aliphatic rings. The Morgan fingerprint density at radius 3 is 1.85 bits per heavy atom.